The fraction of sp³-hybridized carbons (Fsp3) is 0.364. The predicted octanol–water partition coefficient (Wildman–Crippen LogP) is 12.9. The van der Waals surface area contributed by atoms with Crippen molar-refractivity contribution in [2.45, 2.75) is 91.9 Å². The van der Waals surface area contributed by atoms with Crippen LogP contribution in [0, 0.1) is 11.8 Å². The van der Waals surface area contributed by atoms with Crippen LogP contribution in [-0.2, 0) is 12.8 Å². The molecule has 0 fully saturated rings. The number of unbranched alkanes of at least 4 members (excludes halogenated alkanes) is 2. The highest BCUT2D eigenvalue weighted by Crippen LogP contribution is 2.51. The first-order chi connectivity index (χ1) is 22.5. The summed E-state index contributed by atoms with van der Waals surface area (Å²) >= 11 is 0. The molecule has 6 aromatic carbocycles. The summed E-state index contributed by atoms with van der Waals surface area (Å²) in [5.41, 5.74) is 4.73. The van der Waals surface area contributed by atoms with Crippen LogP contribution >= 0.6 is 0 Å². The summed E-state index contributed by atoms with van der Waals surface area (Å²) in [4.78, 5) is 0. The van der Waals surface area contributed by atoms with Crippen LogP contribution < -0.4 is 0 Å². The van der Waals surface area contributed by atoms with E-state index in [4.69, 9.17) is 0 Å². The van der Waals surface area contributed by atoms with Crippen LogP contribution in [0.25, 0.3) is 54.2 Å². The summed E-state index contributed by atoms with van der Waals surface area (Å²) in [5.74, 6) is 1.92. The number of phenols is 2. The summed E-state index contributed by atoms with van der Waals surface area (Å²) in [6.45, 7) is 9.12. The average molecular weight is 611 g/mol. The van der Waals surface area contributed by atoms with Crippen molar-refractivity contribution < 1.29 is 10.2 Å². The second kappa shape index (κ2) is 14.2. The second-order valence-corrected chi connectivity index (χ2v) is 13.5. The highest BCUT2D eigenvalue weighted by atomic mass is 16.3. The van der Waals surface area contributed by atoms with Crippen LogP contribution in [0.15, 0.2) is 84.9 Å². The van der Waals surface area contributed by atoms with Gasteiger partial charge in [-0.05, 0) is 68.5 Å². The van der Waals surface area contributed by atoms with Gasteiger partial charge in [-0.3, -0.25) is 0 Å². The van der Waals surface area contributed by atoms with Crippen molar-refractivity contribution in [3.8, 4) is 22.6 Å². The molecule has 6 aromatic rings. The average Bonchev–Trinajstić information content (AvgIpc) is 3.09. The van der Waals surface area contributed by atoms with Crippen LogP contribution in [0.5, 0.6) is 11.5 Å². The molecule has 238 valence electrons. The van der Waals surface area contributed by atoms with Crippen LogP contribution in [0.1, 0.15) is 90.2 Å². The molecule has 0 amide bonds. The van der Waals surface area contributed by atoms with Gasteiger partial charge >= 0.3 is 0 Å². The van der Waals surface area contributed by atoms with Crippen molar-refractivity contribution in [1.29, 1.82) is 0 Å². The van der Waals surface area contributed by atoms with Gasteiger partial charge in [0.15, 0.2) is 0 Å². The minimum Gasteiger partial charge on any atom is -0.507 e. The summed E-state index contributed by atoms with van der Waals surface area (Å²) in [6.07, 6.45) is 11.4. The molecule has 2 atom stereocenters. The van der Waals surface area contributed by atoms with Crippen molar-refractivity contribution in [3.05, 3.63) is 96.1 Å². The molecule has 0 saturated heterocycles. The van der Waals surface area contributed by atoms with Gasteiger partial charge in [-0.15, -0.1) is 0 Å². The molecule has 0 aliphatic carbocycles. The summed E-state index contributed by atoms with van der Waals surface area (Å²) in [7, 11) is 0. The van der Waals surface area contributed by atoms with Crippen molar-refractivity contribution >= 4 is 43.1 Å². The number of benzene rings is 6. The third kappa shape index (κ3) is 5.83. The van der Waals surface area contributed by atoms with Gasteiger partial charge in [0.2, 0.25) is 0 Å². The van der Waals surface area contributed by atoms with Gasteiger partial charge < -0.3 is 10.2 Å². The Hall–Kier alpha value is -4.04. The van der Waals surface area contributed by atoms with Crippen LogP contribution in [0.2, 0.25) is 0 Å². The van der Waals surface area contributed by atoms with E-state index in [2.05, 4.69) is 100 Å². The maximum atomic E-state index is 12.0. The molecular weight excluding hydrogens is 560 g/mol. The molecule has 0 heterocycles. The molecule has 46 heavy (non-hydrogen) atoms. The van der Waals surface area contributed by atoms with Gasteiger partial charge in [0, 0.05) is 21.5 Å². The Morgan fingerprint density at radius 3 is 1.20 bits per heavy atom. The first-order valence-electron chi connectivity index (χ1n) is 17.8. The minimum atomic E-state index is 0.380. The highest BCUT2D eigenvalue weighted by molar-refractivity contribution is 6.27. The zero-order chi connectivity index (χ0) is 32.2. The Morgan fingerprint density at radius 2 is 0.826 bits per heavy atom. The van der Waals surface area contributed by atoms with Gasteiger partial charge in [-0.2, -0.15) is 0 Å². The van der Waals surface area contributed by atoms with Crippen LogP contribution in [-0.4, -0.2) is 10.2 Å². The lowest BCUT2D eigenvalue weighted by Gasteiger charge is -2.23. The van der Waals surface area contributed by atoms with E-state index in [0.29, 0.717) is 23.3 Å². The van der Waals surface area contributed by atoms with E-state index in [-0.39, 0.29) is 0 Å². The third-order valence-electron chi connectivity index (χ3n) is 10.6. The zero-order valence-corrected chi connectivity index (χ0v) is 28.2. The molecule has 0 radical (unpaired) electrons. The van der Waals surface area contributed by atoms with E-state index in [1.165, 1.54) is 49.7 Å². The number of fused-ring (bicyclic) bond motifs is 4. The molecule has 0 aliphatic heterocycles. The second-order valence-electron chi connectivity index (χ2n) is 13.5. The van der Waals surface area contributed by atoms with E-state index >= 15 is 0 Å². The van der Waals surface area contributed by atoms with Crippen molar-refractivity contribution in [2.75, 3.05) is 0 Å². The molecule has 0 aromatic heterocycles. The maximum absolute atomic E-state index is 12.0. The zero-order valence-electron chi connectivity index (χ0n) is 28.2. The summed E-state index contributed by atoms with van der Waals surface area (Å²) in [6, 6.07) is 29.9. The van der Waals surface area contributed by atoms with Crippen molar-refractivity contribution in [2.24, 2.45) is 11.8 Å². The first kappa shape index (κ1) is 31.9. The van der Waals surface area contributed by atoms with Crippen molar-refractivity contribution in [3.63, 3.8) is 0 Å². The topological polar surface area (TPSA) is 40.5 Å². The molecule has 0 saturated carbocycles. The molecule has 0 spiro atoms. The lowest BCUT2D eigenvalue weighted by atomic mass is 9.81. The normalized spacial score (nSPS) is 13.2. The highest BCUT2D eigenvalue weighted by Gasteiger charge is 2.24. The Labute approximate surface area is 275 Å². The number of rotatable bonds is 13. The monoisotopic (exact) mass is 610 g/mol. The maximum Gasteiger partial charge on any atom is 0.131 e. The minimum absolute atomic E-state index is 0.380. The predicted molar refractivity (Wildman–Crippen MR) is 199 cm³/mol. The van der Waals surface area contributed by atoms with E-state index in [1.54, 1.807) is 0 Å². The van der Waals surface area contributed by atoms with Gasteiger partial charge in [-0.25, -0.2) is 0 Å². The summed E-state index contributed by atoms with van der Waals surface area (Å²) in [5, 5.41) is 31.9. The SMILES string of the molecule is CCCCC(CC)Cc1cccc2c(-c3c4ccccc4c(O)c4c(CC(CC)CCCC)cccc34)c3ccccc3c(O)c12. The first-order valence-corrected chi connectivity index (χ1v) is 17.8. The van der Waals surface area contributed by atoms with Crippen molar-refractivity contribution in [1.82, 2.24) is 0 Å². The largest absolute Gasteiger partial charge is 0.507 e. The van der Waals surface area contributed by atoms with Gasteiger partial charge in [0.05, 0.1) is 0 Å². The van der Waals surface area contributed by atoms with E-state index in [1.807, 2.05) is 12.1 Å². The fourth-order valence-corrected chi connectivity index (χ4v) is 7.94. The van der Waals surface area contributed by atoms with E-state index in [9.17, 15) is 10.2 Å². The standard InChI is InChI=1S/C44H50O2/c1-5-9-17-29(7-3)27-31-19-15-25-37-39(31)43(45)35-23-13-11-21-33(35)41(37)42-34-22-12-14-24-36(34)44(46)40-32(20-16-26-38(40)42)28-30(8-4)18-10-6-2/h11-16,19-26,29-30,45-46H,5-10,17-18,27-28H2,1-4H3. The van der Waals surface area contributed by atoms with E-state index in [0.717, 1.165) is 79.9 Å². The quantitative estimate of drug-likeness (QED) is 0.128. The van der Waals surface area contributed by atoms with Gasteiger partial charge in [0.1, 0.15) is 11.5 Å². The molecule has 2 heteroatoms. The summed E-state index contributed by atoms with van der Waals surface area (Å²) < 4.78 is 0. The van der Waals surface area contributed by atoms with E-state index < -0.39 is 0 Å². The Balaban J connectivity index is 1.70. The molecular formula is C44H50O2. The molecule has 0 aliphatic rings. The molecule has 6 rings (SSSR count). The smallest absolute Gasteiger partial charge is 0.131 e. The Kier molecular flexibility index (Phi) is 9.83. The van der Waals surface area contributed by atoms with Crippen LogP contribution in [0.3, 0.4) is 0 Å². The lowest BCUT2D eigenvalue weighted by Crippen LogP contribution is -2.05. The number of hydrogen-bond donors (Lipinski definition) is 2. The molecule has 0 bridgehead atoms. The molecule has 2 unspecified atom stereocenters. The number of hydrogen-bond acceptors (Lipinski definition) is 2. The molecule has 2 nitrogen and oxygen atoms in total. The lowest BCUT2D eigenvalue weighted by molar-refractivity contribution is 0.449. The fourth-order valence-electron chi connectivity index (χ4n) is 7.94. The van der Waals surface area contributed by atoms with Gasteiger partial charge in [-0.1, -0.05) is 164 Å². The van der Waals surface area contributed by atoms with Crippen LogP contribution in [0.4, 0.5) is 0 Å². The van der Waals surface area contributed by atoms with Gasteiger partial charge in [0.25, 0.3) is 0 Å². The number of aromatic hydroxyl groups is 2. The Bertz CT molecular complexity index is 1840. The molecule has 2 N–H and O–H groups in total. The number of phenolic OH excluding ortho intramolecular Hbond substituents is 2. The Morgan fingerprint density at radius 1 is 0.457 bits per heavy atom. The third-order valence-corrected chi connectivity index (χ3v) is 10.6.